The molecular weight excluding hydrogens is 267 g/mol. The highest BCUT2D eigenvalue weighted by Gasteiger charge is 2.09. The summed E-state index contributed by atoms with van der Waals surface area (Å²) in [6.07, 6.45) is 0.760. The summed E-state index contributed by atoms with van der Waals surface area (Å²) in [7, 11) is 0. The average molecular weight is 281 g/mol. The van der Waals surface area contributed by atoms with Crippen LogP contribution >= 0.6 is 11.6 Å². The predicted octanol–water partition coefficient (Wildman–Crippen LogP) is 3.84. The number of benzene rings is 1. The number of aromatic hydroxyl groups is 1. The van der Waals surface area contributed by atoms with Crippen LogP contribution in [-0.2, 0) is 6.42 Å². The van der Waals surface area contributed by atoms with Gasteiger partial charge in [0.25, 0.3) is 0 Å². The summed E-state index contributed by atoms with van der Waals surface area (Å²) in [5.74, 6) is 0.0469. The summed E-state index contributed by atoms with van der Waals surface area (Å²) in [6, 6.07) is 5.41. The van der Waals surface area contributed by atoms with Crippen molar-refractivity contribution in [2.75, 3.05) is 0 Å². The van der Waals surface area contributed by atoms with Crippen LogP contribution in [0.1, 0.15) is 19.5 Å². The van der Waals surface area contributed by atoms with E-state index in [1.165, 1.54) is 12.1 Å². The van der Waals surface area contributed by atoms with Crippen LogP contribution in [0.15, 0.2) is 24.3 Å². The van der Waals surface area contributed by atoms with Crippen molar-refractivity contribution in [1.29, 1.82) is 0 Å². The van der Waals surface area contributed by atoms with Crippen molar-refractivity contribution in [3.8, 4) is 17.1 Å². The largest absolute Gasteiger partial charge is 0.508 e. The molecule has 0 amide bonds. The normalized spacial score (nSPS) is 11.0. The Morgan fingerprint density at radius 2 is 1.95 bits per heavy atom. The maximum absolute atomic E-state index is 13.3. The topological polar surface area (TPSA) is 46.0 Å². The van der Waals surface area contributed by atoms with Gasteiger partial charge >= 0.3 is 0 Å². The van der Waals surface area contributed by atoms with Gasteiger partial charge in [-0.1, -0.05) is 25.4 Å². The second-order valence-corrected chi connectivity index (χ2v) is 5.19. The highest BCUT2D eigenvalue weighted by molar-refractivity contribution is 6.29. The third kappa shape index (κ3) is 3.64. The number of phenols is 1. The summed E-state index contributed by atoms with van der Waals surface area (Å²) >= 11 is 5.96. The molecule has 0 unspecified atom stereocenters. The molecule has 0 atom stereocenters. The molecule has 0 aliphatic rings. The summed E-state index contributed by atoms with van der Waals surface area (Å²) in [5, 5.41) is 9.72. The summed E-state index contributed by atoms with van der Waals surface area (Å²) < 4.78 is 13.3. The summed E-state index contributed by atoms with van der Waals surface area (Å²) in [5.41, 5.74) is 1.21. The first kappa shape index (κ1) is 13.7. The lowest BCUT2D eigenvalue weighted by Gasteiger charge is -2.07. The second-order valence-electron chi connectivity index (χ2n) is 4.80. The van der Waals surface area contributed by atoms with Crippen LogP contribution in [0.25, 0.3) is 11.4 Å². The molecule has 0 bridgehead atoms. The van der Waals surface area contributed by atoms with Gasteiger partial charge in [0, 0.05) is 17.3 Å². The molecule has 1 N–H and O–H groups in total. The minimum Gasteiger partial charge on any atom is -0.508 e. The van der Waals surface area contributed by atoms with Crippen LogP contribution in [0, 0.1) is 11.7 Å². The van der Waals surface area contributed by atoms with Crippen molar-refractivity contribution < 1.29 is 9.50 Å². The van der Waals surface area contributed by atoms with Gasteiger partial charge in [-0.3, -0.25) is 0 Å². The molecule has 3 nitrogen and oxygen atoms in total. The molecule has 0 aliphatic carbocycles. The van der Waals surface area contributed by atoms with E-state index in [1.54, 1.807) is 6.07 Å². The van der Waals surface area contributed by atoms with Gasteiger partial charge in [-0.25, -0.2) is 14.4 Å². The number of nitrogens with zero attached hydrogens (tertiary/aromatic N) is 2. The van der Waals surface area contributed by atoms with E-state index in [4.69, 9.17) is 11.6 Å². The average Bonchev–Trinajstić information content (AvgIpc) is 2.25. The summed E-state index contributed by atoms with van der Waals surface area (Å²) in [4.78, 5) is 8.42. The third-order valence-electron chi connectivity index (χ3n) is 2.51. The van der Waals surface area contributed by atoms with E-state index >= 15 is 0 Å². The first-order chi connectivity index (χ1) is 8.94. The lowest BCUT2D eigenvalue weighted by Crippen LogP contribution is -2.00. The van der Waals surface area contributed by atoms with Gasteiger partial charge in [-0.15, -0.1) is 0 Å². The van der Waals surface area contributed by atoms with E-state index in [0.29, 0.717) is 22.5 Å². The second kappa shape index (κ2) is 5.53. The molecule has 0 saturated heterocycles. The van der Waals surface area contributed by atoms with Crippen molar-refractivity contribution in [1.82, 2.24) is 9.97 Å². The minimum absolute atomic E-state index is 0.163. The number of halogens is 2. The highest BCUT2D eigenvalue weighted by Crippen LogP contribution is 2.24. The molecule has 5 heteroatoms. The fourth-order valence-electron chi connectivity index (χ4n) is 1.82. The Bertz CT molecular complexity index is 582. The number of hydrogen-bond donors (Lipinski definition) is 1. The first-order valence-corrected chi connectivity index (χ1v) is 6.35. The molecule has 2 aromatic rings. The van der Waals surface area contributed by atoms with Gasteiger partial charge in [-0.2, -0.15) is 0 Å². The van der Waals surface area contributed by atoms with E-state index < -0.39 is 5.82 Å². The number of phenolic OH excluding ortho intramolecular Hbond substituents is 1. The van der Waals surface area contributed by atoms with Gasteiger partial charge in [0.1, 0.15) is 16.7 Å². The van der Waals surface area contributed by atoms with Crippen LogP contribution in [0.3, 0.4) is 0 Å². The van der Waals surface area contributed by atoms with Crippen LogP contribution in [-0.4, -0.2) is 15.1 Å². The van der Waals surface area contributed by atoms with Crippen LogP contribution < -0.4 is 0 Å². The van der Waals surface area contributed by atoms with Crippen molar-refractivity contribution in [3.63, 3.8) is 0 Å². The lowest BCUT2D eigenvalue weighted by atomic mass is 10.1. The Balaban J connectivity index is 2.46. The zero-order chi connectivity index (χ0) is 14.0. The molecule has 1 aromatic carbocycles. The molecule has 1 aromatic heterocycles. The predicted molar refractivity (Wildman–Crippen MR) is 72.6 cm³/mol. The zero-order valence-electron chi connectivity index (χ0n) is 10.7. The molecule has 2 rings (SSSR count). The van der Waals surface area contributed by atoms with Gasteiger partial charge in [0.15, 0.2) is 5.82 Å². The molecular formula is C14H14ClFN2O. The molecule has 0 saturated carbocycles. The number of hydrogen-bond acceptors (Lipinski definition) is 3. The highest BCUT2D eigenvalue weighted by atomic mass is 35.5. The van der Waals surface area contributed by atoms with Gasteiger partial charge in [0.05, 0.1) is 0 Å². The Labute approximate surface area is 116 Å². The standard InChI is InChI=1S/C14H14ClFN2O/c1-8(2)3-11-7-13(15)18-14(17-11)9-4-10(16)6-12(19)5-9/h4-8,19H,3H2,1-2H3. The van der Waals surface area contributed by atoms with Crippen LogP contribution in [0.5, 0.6) is 5.75 Å². The van der Waals surface area contributed by atoms with Crippen molar-refractivity contribution >= 4 is 11.6 Å². The SMILES string of the molecule is CC(C)Cc1cc(Cl)nc(-c2cc(O)cc(F)c2)n1. The third-order valence-corrected chi connectivity index (χ3v) is 2.70. The fourth-order valence-corrected chi connectivity index (χ4v) is 2.03. The van der Waals surface area contributed by atoms with E-state index in [-0.39, 0.29) is 5.75 Å². The molecule has 1 heterocycles. The number of rotatable bonds is 3. The van der Waals surface area contributed by atoms with Gasteiger partial charge < -0.3 is 5.11 Å². The van der Waals surface area contributed by atoms with E-state index in [9.17, 15) is 9.50 Å². The quantitative estimate of drug-likeness (QED) is 0.869. The van der Waals surface area contributed by atoms with E-state index in [0.717, 1.165) is 18.2 Å². The maximum Gasteiger partial charge on any atom is 0.161 e. The summed E-state index contributed by atoms with van der Waals surface area (Å²) in [6.45, 7) is 4.15. The Hall–Kier alpha value is -1.68. The Morgan fingerprint density at radius 3 is 2.58 bits per heavy atom. The lowest BCUT2D eigenvalue weighted by molar-refractivity contribution is 0.469. The fraction of sp³-hybridized carbons (Fsp3) is 0.286. The Kier molecular flexibility index (Phi) is 4.00. The monoisotopic (exact) mass is 280 g/mol. The van der Waals surface area contributed by atoms with Crippen molar-refractivity contribution in [3.05, 3.63) is 40.9 Å². The van der Waals surface area contributed by atoms with Crippen molar-refractivity contribution in [2.24, 2.45) is 5.92 Å². The minimum atomic E-state index is -0.538. The molecule has 100 valence electrons. The maximum atomic E-state index is 13.3. The molecule has 0 fully saturated rings. The van der Waals surface area contributed by atoms with Gasteiger partial charge in [-0.05, 0) is 30.5 Å². The smallest absolute Gasteiger partial charge is 0.161 e. The molecule has 0 radical (unpaired) electrons. The van der Waals surface area contributed by atoms with Gasteiger partial charge in [0.2, 0.25) is 0 Å². The van der Waals surface area contributed by atoms with Crippen LogP contribution in [0.4, 0.5) is 4.39 Å². The molecule has 19 heavy (non-hydrogen) atoms. The Morgan fingerprint density at radius 1 is 1.21 bits per heavy atom. The van der Waals surface area contributed by atoms with E-state index in [1.807, 2.05) is 0 Å². The van der Waals surface area contributed by atoms with E-state index in [2.05, 4.69) is 23.8 Å². The number of aromatic nitrogens is 2. The first-order valence-electron chi connectivity index (χ1n) is 5.97. The zero-order valence-corrected chi connectivity index (χ0v) is 11.4. The molecule has 0 aliphatic heterocycles. The van der Waals surface area contributed by atoms with Crippen molar-refractivity contribution in [2.45, 2.75) is 20.3 Å². The molecule has 0 spiro atoms. The van der Waals surface area contributed by atoms with Crippen LogP contribution in [0.2, 0.25) is 5.15 Å².